The Balaban J connectivity index is 1.54. The molecule has 0 unspecified atom stereocenters. The van der Waals surface area contributed by atoms with Gasteiger partial charge in [-0.3, -0.25) is 9.59 Å². The van der Waals surface area contributed by atoms with Gasteiger partial charge in [0, 0.05) is 63.9 Å². The van der Waals surface area contributed by atoms with Crippen LogP contribution < -0.4 is 4.90 Å². The van der Waals surface area contributed by atoms with Gasteiger partial charge in [-0.1, -0.05) is 0 Å². The van der Waals surface area contributed by atoms with E-state index >= 15 is 0 Å². The first-order chi connectivity index (χ1) is 13.4. The topological polar surface area (TPSA) is 51.5 Å². The van der Waals surface area contributed by atoms with Gasteiger partial charge in [-0.05, 0) is 44.8 Å². The van der Waals surface area contributed by atoms with Crippen LogP contribution in [-0.2, 0) is 4.79 Å². The van der Waals surface area contributed by atoms with Gasteiger partial charge in [0.25, 0.3) is 5.91 Å². The molecule has 2 amide bonds. The number of carbonyl (C=O) groups is 2. The van der Waals surface area contributed by atoms with Crippen molar-refractivity contribution in [1.29, 1.82) is 0 Å². The van der Waals surface area contributed by atoms with E-state index in [1.807, 2.05) is 28.1 Å². The first-order valence-corrected chi connectivity index (χ1v) is 10.0. The predicted octanol–water partition coefficient (Wildman–Crippen LogP) is 1.38. The van der Waals surface area contributed by atoms with Crippen molar-refractivity contribution in [1.82, 2.24) is 19.1 Å². The zero-order valence-electron chi connectivity index (χ0n) is 17.0. The predicted molar refractivity (Wildman–Crippen MR) is 110 cm³/mol. The van der Waals surface area contributed by atoms with Gasteiger partial charge >= 0.3 is 0 Å². The van der Waals surface area contributed by atoms with Gasteiger partial charge in [-0.2, -0.15) is 0 Å². The van der Waals surface area contributed by atoms with Crippen LogP contribution >= 0.6 is 0 Å². The molecule has 0 bridgehead atoms. The van der Waals surface area contributed by atoms with E-state index in [2.05, 4.69) is 40.4 Å². The highest BCUT2D eigenvalue weighted by Gasteiger charge is 2.28. The zero-order chi connectivity index (χ0) is 19.8. The molecule has 0 aliphatic carbocycles. The molecule has 7 nitrogen and oxygen atoms in total. The number of piperazine rings is 1. The quantitative estimate of drug-likeness (QED) is 0.804. The van der Waals surface area contributed by atoms with Crippen molar-refractivity contribution >= 4 is 23.1 Å². The molecular formula is C21H29N5O2. The average Bonchev–Trinajstić information content (AvgIpc) is 3.34. The molecule has 0 aromatic carbocycles. The van der Waals surface area contributed by atoms with Gasteiger partial charge in [0.05, 0.1) is 5.56 Å². The Labute approximate surface area is 166 Å². The Morgan fingerprint density at radius 3 is 2.32 bits per heavy atom. The van der Waals surface area contributed by atoms with E-state index in [4.69, 9.17) is 0 Å². The van der Waals surface area contributed by atoms with Crippen LogP contribution in [0.5, 0.6) is 0 Å². The number of aromatic nitrogens is 1. The van der Waals surface area contributed by atoms with E-state index in [9.17, 15) is 9.59 Å². The number of rotatable bonds is 3. The fourth-order valence-electron chi connectivity index (χ4n) is 4.25. The Bertz CT molecular complexity index is 882. The fraction of sp³-hybridized carbons (Fsp3) is 0.524. The van der Waals surface area contributed by atoms with Crippen LogP contribution in [0.4, 0.5) is 5.82 Å². The molecule has 4 heterocycles. The number of likely N-dealkylation sites (tertiary alicyclic amines) is 1. The summed E-state index contributed by atoms with van der Waals surface area (Å²) in [6.45, 7) is 6.31. The maximum Gasteiger partial charge on any atom is 0.255 e. The molecule has 0 N–H and O–H groups in total. The molecule has 1 atom stereocenters. The standard InChI is InChI=1S/C21H29N5O2/c1-16(27)23-10-12-24(13-11-23)20-7-6-18-5-4-17(14-26(18)20)21(28)25-9-8-19(15-25)22(2)3/h4-7,14,19H,8-13,15H2,1-3H3/t19-/m1/s1. The summed E-state index contributed by atoms with van der Waals surface area (Å²) < 4.78 is 2.11. The number of anilines is 1. The smallest absolute Gasteiger partial charge is 0.255 e. The van der Waals surface area contributed by atoms with Gasteiger partial charge in [-0.25, -0.2) is 0 Å². The molecule has 0 spiro atoms. The van der Waals surface area contributed by atoms with Gasteiger partial charge in [0.15, 0.2) is 0 Å². The lowest BCUT2D eigenvalue weighted by Gasteiger charge is -2.35. The number of carbonyl (C=O) groups excluding carboxylic acids is 2. The monoisotopic (exact) mass is 383 g/mol. The third-order valence-electron chi connectivity index (χ3n) is 6.11. The highest BCUT2D eigenvalue weighted by atomic mass is 16.2. The van der Waals surface area contributed by atoms with Gasteiger partial charge < -0.3 is 24.0 Å². The second-order valence-corrected chi connectivity index (χ2v) is 8.05. The average molecular weight is 383 g/mol. The van der Waals surface area contributed by atoms with Gasteiger partial charge in [0.1, 0.15) is 5.82 Å². The molecule has 2 aromatic heterocycles. The zero-order valence-corrected chi connectivity index (χ0v) is 17.0. The Morgan fingerprint density at radius 2 is 1.68 bits per heavy atom. The van der Waals surface area contributed by atoms with Crippen molar-refractivity contribution in [2.45, 2.75) is 19.4 Å². The molecule has 2 aromatic rings. The summed E-state index contributed by atoms with van der Waals surface area (Å²) in [6.07, 6.45) is 2.99. The second-order valence-electron chi connectivity index (χ2n) is 8.05. The van der Waals surface area contributed by atoms with E-state index in [0.717, 1.165) is 62.6 Å². The van der Waals surface area contributed by atoms with Crippen LogP contribution in [0, 0.1) is 0 Å². The molecule has 2 aliphatic rings. The summed E-state index contributed by atoms with van der Waals surface area (Å²) in [5, 5.41) is 0. The number of pyridine rings is 1. The van der Waals surface area contributed by atoms with Crippen molar-refractivity contribution in [2.24, 2.45) is 0 Å². The summed E-state index contributed by atoms with van der Waals surface area (Å²) in [6, 6.07) is 8.57. The maximum absolute atomic E-state index is 13.0. The lowest BCUT2D eigenvalue weighted by molar-refractivity contribution is -0.129. The van der Waals surface area contributed by atoms with Crippen LogP contribution in [0.1, 0.15) is 23.7 Å². The van der Waals surface area contributed by atoms with Crippen molar-refractivity contribution in [3.63, 3.8) is 0 Å². The Hall–Kier alpha value is -2.54. The van der Waals surface area contributed by atoms with Crippen LogP contribution in [0.3, 0.4) is 0 Å². The molecule has 2 saturated heterocycles. The van der Waals surface area contributed by atoms with Crippen LogP contribution in [-0.4, -0.2) is 90.3 Å². The second kappa shape index (κ2) is 7.47. The summed E-state index contributed by atoms with van der Waals surface area (Å²) in [5.41, 5.74) is 1.81. The first kappa shape index (κ1) is 18.8. The minimum absolute atomic E-state index is 0.104. The molecule has 2 aliphatic heterocycles. The third-order valence-corrected chi connectivity index (χ3v) is 6.11. The molecule has 2 fully saturated rings. The molecule has 7 heteroatoms. The normalized spacial score (nSPS) is 20.4. The van der Waals surface area contributed by atoms with Crippen LogP contribution in [0.2, 0.25) is 0 Å². The van der Waals surface area contributed by atoms with E-state index < -0.39 is 0 Å². The van der Waals surface area contributed by atoms with Crippen molar-refractivity contribution < 1.29 is 9.59 Å². The summed E-state index contributed by atoms with van der Waals surface area (Å²) >= 11 is 0. The van der Waals surface area contributed by atoms with Crippen LogP contribution in [0.15, 0.2) is 30.5 Å². The Morgan fingerprint density at radius 1 is 0.964 bits per heavy atom. The number of fused-ring (bicyclic) bond motifs is 1. The number of hydrogen-bond donors (Lipinski definition) is 0. The highest BCUT2D eigenvalue weighted by molar-refractivity contribution is 5.94. The summed E-state index contributed by atoms with van der Waals surface area (Å²) in [4.78, 5) is 32.9. The van der Waals surface area contributed by atoms with E-state index in [0.29, 0.717) is 6.04 Å². The molecular weight excluding hydrogens is 354 g/mol. The summed E-state index contributed by atoms with van der Waals surface area (Å²) in [5.74, 6) is 1.32. The minimum atomic E-state index is 0.104. The molecule has 4 rings (SSSR count). The third kappa shape index (κ3) is 3.46. The molecule has 28 heavy (non-hydrogen) atoms. The number of likely N-dealkylation sites (N-methyl/N-ethyl adjacent to an activating group) is 1. The highest BCUT2D eigenvalue weighted by Crippen LogP contribution is 2.23. The SMILES string of the molecule is CC(=O)N1CCN(c2ccc3ccc(C(=O)N4CC[C@@H](N(C)C)C4)cn23)CC1. The van der Waals surface area contributed by atoms with Gasteiger partial charge in [-0.15, -0.1) is 0 Å². The van der Waals surface area contributed by atoms with E-state index in [1.165, 1.54) is 0 Å². The van der Waals surface area contributed by atoms with Crippen LogP contribution in [0.25, 0.3) is 5.52 Å². The first-order valence-electron chi connectivity index (χ1n) is 10.0. The minimum Gasteiger partial charge on any atom is -0.354 e. The lowest BCUT2D eigenvalue weighted by atomic mass is 10.2. The molecule has 0 saturated carbocycles. The van der Waals surface area contributed by atoms with Crippen molar-refractivity contribution in [3.05, 3.63) is 36.0 Å². The molecule has 150 valence electrons. The largest absolute Gasteiger partial charge is 0.354 e. The van der Waals surface area contributed by atoms with E-state index in [-0.39, 0.29) is 11.8 Å². The van der Waals surface area contributed by atoms with Crippen molar-refractivity contribution in [3.8, 4) is 0 Å². The fourth-order valence-corrected chi connectivity index (χ4v) is 4.25. The van der Waals surface area contributed by atoms with Crippen molar-refractivity contribution in [2.75, 3.05) is 58.3 Å². The lowest BCUT2D eigenvalue weighted by Crippen LogP contribution is -2.48. The number of nitrogens with zero attached hydrogens (tertiary/aromatic N) is 5. The maximum atomic E-state index is 13.0. The number of amides is 2. The molecule has 0 radical (unpaired) electrons. The summed E-state index contributed by atoms with van der Waals surface area (Å²) in [7, 11) is 4.14. The van der Waals surface area contributed by atoms with E-state index in [1.54, 1.807) is 6.92 Å². The number of hydrogen-bond acceptors (Lipinski definition) is 4. The Kier molecular flexibility index (Phi) is 5.02. The van der Waals surface area contributed by atoms with Gasteiger partial charge in [0.2, 0.25) is 5.91 Å².